The van der Waals surface area contributed by atoms with Gasteiger partial charge in [-0.3, -0.25) is 9.78 Å². The van der Waals surface area contributed by atoms with Crippen molar-refractivity contribution in [1.82, 2.24) is 10.3 Å². The van der Waals surface area contributed by atoms with E-state index in [0.29, 0.717) is 13.0 Å². The summed E-state index contributed by atoms with van der Waals surface area (Å²) >= 11 is 1.73. The molecule has 0 aliphatic heterocycles. The molecule has 0 bridgehead atoms. The summed E-state index contributed by atoms with van der Waals surface area (Å²) in [5.74, 6) is 1.77. The summed E-state index contributed by atoms with van der Waals surface area (Å²) in [6.07, 6.45) is 5.55. The van der Waals surface area contributed by atoms with Crippen LogP contribution in [-0.2, 0) is 10.5 Å². The zero-order valence-corrected chi connectivity index (χ0v) is 15.4. The zero-order chi connectivity index (χ0) is 14.6. The fourth-order valence-electron chi connectivity index (χ4n) is 1.82. The lowest BCUT2D eigenvalue weighted by molar-refractivity contribution is -0.121. The molecule has 1 unspecified atom stereocenters. The lowest BCUT2D eigenvalue weighted by Crippen LogP contribution is -2.40. The molecule has 0 fully saturated rings. The molecular weight excluding hydrogens is 341 g/mol. The Morgan fingerprint density at radius 3 is 2.77 bits per heavy atom. The number of pyridine rings is 1. The van der Waals surface area contributed by atoms with E-state index in [0.717, 1.165) is 36.5 Å². The maximum absolute atomic E-state index is 11.8. The van der Waals surface area contributed by atoms with Crippen LogP contribution >= 0.6 is 36.6 Å². The summed E-state index contributed by atoms with van der Waals surface area (Å²) in [6, 6.07) is 6.02. The van der Waals surface area contributed by atoms with E-state index in [1.807, 2.05) is 18.2 Å². The predicted octanol–water partition coefficient (Wildman–Crippen LogP) is 3.18. The number of nitrogens with one attached hydrogen (secondary N) is 1. The lowest BCUT2D eigenvalue weighted by atomic mass is 10.1. The molecule has 0 radical (unpaired) electrons. The van der Waals surface area contributed by atoms with E-state index in [4.69, 9.17) is 5.73 Å². The van der Waals surface area contributed by atoms with Gasteiger partial charge in [0.2, 0.25) is 5.91 Å². The number of thioether (sulfide) groups is 1. The number of hydrogen-bond donors (Lipinski definition) is 2. The van der Waals surface area contributed by atoms with Gasteiger partial charge in [-0.2, -0.15) is 11.8 Å². The molecule has 1 rings (SSSR count). The van der Waals surface area contributed by atoms with Crippen molar-refractivity contribution in [3.63, 3.8) is 0 Å². The molecule has 1 amide bonds. The summed E-state index contributed by atoms with van der Waals surface area (Å²) in [7, 11) is 0. The van der Waals surface area contributed by atoms with E-state index in [1.54, 1.807) is 18.0 Å². The second-order valence-corrected chi connectivity index (χ2v) is 5.87. The molecule has 7 heteroatoms. The molecule has 1 aromatic heterocycles. The Hall–Kier alpha value is -0.490. The van der Waals surface area contributed by atoms with E-state index < -0.39 is 0 Å². The number of hydrogen-bond acceptors (Lipinski definition) is 4. The first kappa shape index (κ1) is 23.8. The Morgan fingerprint density at radius 2 is 2.18 bits per heavy atom. The van der Waals surface area contributed by atoms with Gasteiger partial charge in [0.05, 0.1) is 5.69 Å². The predicted molar refractivity (Wildman–Crippen MR) is 100 cm³/mol. The fraction of sp³-hybridized carbons (Fsp3) is 0.600. The minimum atomic E-state index is 0. The van der Waals surface area contributed by atoms with Gasteiger partial charge in [0.1, 0.15) is 0 Å². The highest BCUT2D eigenvalue weighted by Crippen LogP contribution is 2.10. The highest BCUT2D eigenvalue weighted by Gasteiger charge is 2.09. The molecule has 3 N–H and O–H groups in total. The summed E-state index contributed by atoms with van der Waals surface area (Å²) < 4.78 is 0. The van der Waals surface area contributed by atoms with Crippen molar-refractivity contribution in [1.29, 1.82) is 0 Å². The number of halogens is 2. The van der Waals surface area contributed by atoms with Crippen LogP contribution in [0, 0.1) is 0 Å². The summed E-state index contributed by atoms with van der Waals surface area (Å²) in [5.41, 5.74) is 6.72. The third-order valence-electron chi connectivity index (χ3n) is 3.01. The van der Waals surface area contributed by atoms with Crippen molar-refractivity contribution in [2.75, 3.05) is 12.3 Å². The van der Waals surface area contributed by atoms with Crippen LogP contribution in [0.4, 0.5) is 0 Å². The third kappa shape index (κ3) is 11.1. The highest BCUT2D eigenvalue weighted by atomic mass is 35.5. The molecule has 22 heavy (non-hydrogen) atoms. The molecule has 4 nitrogen and oxygen atoms in total. The Balaban J connectivity index is 0. The number of nitrogens with two attached hydrogens (primary N) is 1. The first-order valence-corrected chi connectivity index (χ1v) is 8.38. The van der Waals surface area contributed by atoms with Crippen molar-refractivity contribution >= 4 is 42.5 Å². The van der Waals surface area contributed by atoms with Gasteiger partial charge in [-0.25, -0.2) is 0 Å². The number of carbonyl (C=O) groups excluding carboxylic acids is 1. The molecule has 0 saturated carbocycles. The van der Waals surface area contributed by atoms with Crippen molar-refractivity contribution in [2.24, 2.45) is 5.73 Å². The molecule has 0 spiro atoms. The molecule has 1 heterocycles. The van der Waals surface area contributed by atoms with Crippen LogP contribution < -0.4 is 11.1 Å². The first-order chi connectivity index (χ1) is 9.76. The molecule has 0 saturated heterocycles. The molecule has 0 aromatic carbocycles. The zero-order valence-electron chi connectivity index (χ0n) is 13.0. The van der Waals surface area contributed by atoms with Gasteiger partial charge < -0.3 is 11.1 Å². The van der Waals surface area contributed by atoms with Crippen molar-refractivity contribution in [3.8, 4) is 0 Å². The average molecular weight is 368 g/mol. The standard InChI is InChI=1S/C15H25N3OS.2ClH/c1-2-3-6-13(11-16)18-15(19)8-10-20-12-14-7-4-5-9-17-14;;/h4-5,7,9,13H,2-3,6,8,10-12,16H2,1H3,(H,18,19);2*1H. The smallest absolute Gasteiger partial charge is 0.221 e. The number of aromatic nitrogens is 1. The lowest BCUT2D eigenvalue weighted by Gasteiger charge is -2.16. The van der Waals surface area contributed by atoms with Crippen LogP contribution in [0.15, 0.2) is 24.4 Å². The van der Waals surface area contributed by atoms with E-state index in [1.165, 1.54) is 0 Å². The van der Waals surface area contributed by atoms with Crippen molar-refractivity contribution in [3.05, 3.63) is 30.1 Å². The van der Waals surface area contributed by atoms with E-state index in [2.05, 4.69) is 17.2 Å². The Morgan fingerprint density at radius 1 is 1.41 bits per heavy atom. The number of carbonyl (C=O) groups is 1. The quantitative estimate of drug-likeness (QED) is 0.623. The minimum Gasteiger partial charge on any atom is -0.352 e. The van der Waals surface area contributed by atoms with Gasteiger partial charge in [-0.1, -0.05) is 25.8 Å². The first-order valence-electron chi connectivity index (χ1n) is 7.23. The maximum atomic E-state index is 11.8. The van der Waals surface area contributed by atoms with Gasteiger partial charge in [-0.15, -0.1) is 24.8 Å². The molecule has 0 aliphatic carbocycles. The summed E-state index contributed by atoms with van der Waals surface area (Å²) in [5, 5.41) is 3.01. The van der Waals surface area contributed by atoms with Gasteiger partial charge in [0.25, 0.3) is 0 Å². The normalized spacial score (nSPS) is 11.0. The monoisotopic (exact) mass is 367 g/mol. The van der Waals surface area contributed by atoms with Crippen LogP contribution in [-0.4, -0.2) is 29.2 Å². The van der Waals surface area contributed by atoms with E-state index >= 15 is 0 Å². The van der Waals surface area contributed by atoms with E-state index in [9.17, 15) is 4.79 Å². The van der Waals surface area contributed by atoms with Crippen LogP contribution in [0.1, 0.15) is 38.3 Å². The maximum Gasteiger partial charge on any atom is 0.221 e. The van der Waals surface area contributed by atoms with E-state index in [-0.39, 0.29) is 36.8 Å². The average Bonchev–Trinajstić information content (AvgIpc) is 2.49. The summed E-state index contributed by atoms with van der Waals surface area (Å²) in [6.45, 7) is 2.66. The topological polar surface area (TPSA) is 68.0 Å². The molecular formula is C15H27Cl2N3OS. The van der Waals surface area contributed by atoms with Gasteiger partial charge >= 0.3 is 0 Å². The summed E-state index contributed by atoms with van der Waals surface area (Å²) in [4.78, 5) is 16.0. The van der Waals surface area contributed by atoms with Crippen LogP contribution in [0.5, 0.6) is 0 Å². The Labute approximate surface area is 150 Å². The van der Waals surface area contributed by atoms with Crippen molar-refractivity contribution < 1.29 is 4.79 Å². The van der Waals surface area contributed by atoms with Crippen LogP contribution in [0.2, 0.25) is 0 Å². The third-order valence-corrected chi connectivity index (χ3v) is 4.00. The van der Waals surface area contributed by atoms with Crippen molar-refractivity contribution in [2.45, 2.75) is 44.4 Å². The Kier molecular flexibility index (Phi) is 16.6. The number of unbranched alkanes of at least 4 members (excludes halogenated alkanes) is 1. The molecule has 1 atom stereocenters. The highest BCUT2D eigenvalue weighted by molar-refractivity contribution is 7.98. The molecule has 0 aliphatic rings. The SMILES string of the molecule is CCCCC(CN)NC(=O)CCSCc1ccccn1.Cl.Cl. The molecule has 128 valence electrons. The second kappa shape index (κ2) is 15.4. The number of rotatable bonds is 10. The Bertz CT molecular complexity index is 382. The minimum absolute atomic E-state index is 0. The number of nitrogens with zero attached hydrogens (tertiary/aromatic N) is 1. The van der Waals surface area contributed by atoms with Crippen LogP contribution in [0.25, 0.3) is 0 Å². The van der Waals surface area contributed by atoms with Gasteiger partial charge in [0, 0.05) is 36.7 Å². The fourth-order valence-corrected chi connectivity index (χ4v) is 2.68. The van der Waals surface area contributed by atoms with Gasteiger partial charge in [-0.05, 0) is 18.6 Å². The molecule has 1 aromatic rings. The largest absolute Gasteiger partial charge is 0.352 e. The van der Waals surface area contributed by atoms with Gasteiger partial charge in [0.15, 0.2) is 0 Å². The van der Waals surface area contributed by atoms with Crippen LogP contribution in [0.3, 0.4) is 0 Å². The second-order valence-electron chi connectivity index (χ2n) is 4.77. The number of amides is 1.